The van der Waals surface area contributed by atoms with Crippen molar-refractivity contribution in [2.24, 2.45) is 11.8 Å². The monoisotopic (exact) mass is 275 g/mol. The average Bonchev–Trinajstić information content (AvgIpc) is 2.41. The normalized spacial score (nSPS) is 33.3. The lowest BCUT2D eigenvalue weighted by molar-refractivity contribution is -0.144. The van der Waals surface area contributed by atoms with E-state index in [0.717, 1.165) is 0 Å². The predicted molar refractivity (Wildman–Crippen MR) is 62.6 cm³/mol. The molecule has 0 aromatic heterocycles. The molecule has 3 nitrogen and oxygen atoms in total. The molecular weight excluding hydrogens is 258 g/mol. The number of hydrogen-bond acceptors (Lipinski definition) is 2. The Morgan fingerprint density at radius 1 is 1.47 bits per heavy atom. The van der Waals surface area contributed by atoms with Gasteiger partial charge in [0.1, 0.15) is 0 Å². The molecule has 0 bridgehead atoms. The third kappa shape index (κ3) is 2.10. The van der Waals surface area contributed by atoms with Gasteiger partial charge in [-0.3, -0.25) is 14.5 Å². The summed E-state index contributed by atoms with van der Waals surface area (Å²) in [5.41, 5.74) is 0. The molecule has 2 amide bonds. The molecular formula is C11H18BrNO2. The lowest BCUT2D eigenvalue weighted by Crippen LogP contribution is -2.42. The molecule has 0 saturated carbocycles. The average molecular weight is 276 g/mol. The number of carbonyl (C=O) groups is 2. The minimum atomic E-state index is -0.235. The van der Waals surface area contributed by atoms with Gasteiger partial charge < -0.3 is 0 Å². The van der Waals surface area contributed by atoms with Crippen molar-refractivity contribution in [2.45, 2.75) is 45.0 Å². The number of rotatable bonds is 2. The van der Waals surface area contributed by atoms with E-state index < -0.39 is 0 Å². The highest BCUT2D eigenvalue weighted by Crippen LogP contribution is 2.31. The van der Waals surface area contributed by atoms with E-state index in [9.17, 15) is 9.59 Å². The minimum Gasteiger partial charge on any atom is -0.278 e. The second kappa shape index (κ2) is 4.64. The summed E-state index contributed by atoms with van der Waals surface area (Å²) in [6.07, 6.45) is 0.706. The van der Waals surface area contributed by atoms with Crippen LogP contribution in [0.4, 0.5) is 0 Å². The molecule has 86 valence electrons. The maximum atomic E-state index is 11.9. The van der Waals surface area contributed by atoms with Crippen LogP contribution in [0.2, 0.25) is 0 Å². The standard InChI is InChI=1S/C11H18BrNO2/c1-5-9(12)11(15)13-8(4)6(2)7(3)10(13)14/h6-9H,5H2,1-4H3. The van der Waals surface area contributed by atoms with Crippen LogP contribution in [0.15, 0.2) is 0 Å². The number of nitrogens with zero attached hydrogens (tertiary/aromatic N) is 1. The quantitative estimate of drug-likeness (QED) is 0.725. The highest BCUT2D eigenvalue weighted by Gasteiger charge is 2.44. The lowest BCUT2D eigenvalue weighted by Gasteiger charge is -2.23. The van der Waals surface area contributed by atoms with Gasteiger partial charge in [0.15, 0.2) is 0 Å². The lowest BCUT2D eigenvalue weighted by atomic mass is 9.95. The van der Waals surface area contributed by atoms with E-state index >= 15 is 0 Å². The molecule has 4 heteroatoms. The van der Waals surface area contributed by atoms with Crippen molar-refractivity contribution in [3.8, 4) is 0 Å². The van der Waals surface area contributed by atoms with Gasteiger partial charge in [0.05, 0.1) is 4.83 Å². The number of hydrogen-bond donors (Lipinski definition) is 0. The summed E-state index contributed by atoms with van der Waals surface area (Å²) in [5.74, 6) is 0.0858. The molecule has 1 saturated heterocycles. The number of imide groups is 1. The van der Waals surface area contributed by atoms with Gasteiger partial charge in [-0.15, -0.1) is 0 Å². The molecule has 1 aliphatic rings. The summed E-state index contributed by atoms with van der Waals surface area (Å²) < 4.78 is 0. The van der Waals surface area contributed by atoms with Crippen LogP contribution >= 0.6 is 15.9 Å². The van der Waals surface area contributed by atoms with Gasteiger partial charge in [-0.1, -0.05) is 36.7 Å². The van der Waals surface area contributed by atoms with Crippen molar-refractivity contribution in [3.63, 3.8) is 0 Å². The molecule has 0 spiro atoms. The molecule has 15 heavy (non-hydrogen) atoms. The first-order valence-corrected chi connectivity index (χ1v) is 6.34. The molecule has 1 heterocycles. The highest BCUT2D eigenvalue weighted by atomic mass is 79.9. The zero-order valence-corrected chi connectivity index (χ0v) is 11.2. The summed E-state index contributed by atoms with van der Waals surface area (Å²) in [6, 6.07) is 0.0200. The summed E-state index contributed by atoms with van der Waals surface area (Å²) in [6.45, 7) is 7.79. The summed E-state index contributed by atoms with van der Waals surface area (Å²) in [4.78, 5) is 25.0. The second-order valence-electron chi connectivity index (χ2n) is 4.31. The van der Waals surface area contributed by atoms with Crippen molar-refractivity contribution in [2.75, 3.05) is 0 Å². The Bertz CT molecular complexity index is 280. The number of carbonyl (C=O) groups excluding carboxylic acids is 2. The predicted octanol–water partition coefficient (Wildman–Crippen LogP) is 2.19. The fourth-order valence-electron chi connectivity index (χ4n) is 1.93. The SMILES string of the molecule is CCC(Br)C(=O)N1C(=O)C(C)C(C)C1C. The number of likely N-dealkylation sites (tertiary alicyclic amines) is 1. The number of amides is 2. The van der Waals surface area contributed by atoms with Crippen LogP contribution in [0.1, 0.15) is 34.1 Å². The van der Waals surface area contributed by atoms with Gasteiger partial charge in [-0.2, -0.15) is 0 Å². The van der Waals surface area contributed by atoms with Gasteiger partial charge in [-0.25, -0.2) is 0 Å². The maximum Gasteiger partial charge on any atom is 0.243 e. The van der Waals surface area contributed by atoms with Crippen LogP contribution in [0.3, 0.4) is 0 Å². The van der Waals surface area contributed by atoms with Crippen molar-refractivity contribution < 1.29 is 9.59 Å². The third-order valence-corrected chi connectivity index (χ3v) is 4.49. The minimum absolute atomic E-state index is 0.0200. The molecule has 4 unspecified atom stereocenters. The Hall–Kier alpha value is -0.380. The van der Waals surface area contributed by atoms with Gasteiger partial charge in [0.25, 0.3) is 0 Å². The Balaban J connectivity index is 2.87. The van der Waals surface area contributed by atoms with Crippen molar-refractivity contribution >= 4 is 27.7 Å². The third-order valence-electron chi connectivity index (χ3n) is 3.45. The molecule has 0 aliphatic carbocycles. The largest absolute Gasteiger partial charge is 0.278 e. The first-order valence-electron chi connectivity index (χ1n) is 5.42. The van der Waals surface area contributed by atoms with Crippen LogP contribution in [0.25, 0.3) is 0 Å². The fourth-order valence-corrected chi connectivity index (χ4v) is 2.15. The highest BCUT2D eigenvalue weighted by molar-refractivity contribution is 9.10. The van der Waals surface area contributed by atoms with E-state index in [1.165, 1.54) is 4.90 Å². The van der Waals surface area contributed by atoms with Crippen molar-refractivity contribution in [3.05, 3.63) is 0 Å². The summed E-state index contributed by atoms with van der Waals surface area (Å²) >= 11 is 3.30. The fraction of sp³-hybridized carbons (Fsp3) is 0.818. The van der Waals surface area contributed by atoms with E-state index in [1.54, 1.807) is 0 Å². The molecule has 0 radical (unpaired) electrons. The molecule has 1 rings (SSSR count). The van der Waals surface area contributed by atoms with Gasteiger partial charge in [0.2, 0.25) is 11.8 Å². The van der Waals surface area contributed by atoms with E-state index in [4.69, 9.17) is 0 Å². The van der Waals surface area contributed by atoms with Crippen molar-refractivity contribution in [1.82, 2.24) is 4.90 Å². The van der Waals surface area contributed by atoms with Crippen molar-refractivity contribution in [1.29, 1.82) is 0 Å². The van der Waals surface area contributed by atoms with E-state index in [1.807, 2.05) is 27.7 Å². The zero-order valence-electron chi connectivity index (χ0n) is 9.66. The first kappa shape index (κ1) is 12.7. The molecule has 0 aromatic carbocycles. The molecule has 4 atom stereocenters. The molecule has 1 aliphatic heterocycles. The van der Waals surface area contributed by atoms with Crippen LogP contribution in [0.5, 0.6) is 0 Å². The Morgan fingerprint density at radius 2 is 2.00 bits per heavy atom. The number of halogens is 1. The van der Waals surface area contributed by atoms with E-state index in [-0.39, 0.29) is 34.5 Å². The van der Waals surface area contributed by atoms with Gasteiger partial charge in [0, 0.05) is 12.0 Å². The van der Waals surface area contributed by atoms with Gasteiger partial charge >= 0.3 is 0 Å². The van der Waals surface area contributed by atoms with E-state index in [0.29, 0.717) is 6.42 Å². The van der Waals surface area contributed by atoms with E-state index in [2.05, 4.69) is 15.9 Å². The van der Waals surface area contributed by atoms with Crippen LogP contribution in [-0.2, 0) is 9.59 Å². The maximum absolute atomic E-state index is 11.9. The second-order valence-corrected chi connectivity index (χ2v) is 5.42. The smallest absolute Gasteiger partial charge is 0.243 e. The molecule has 0 aromatic rings. The Morgan fingerprint density at radius 3 is 2.33 bits per heavy atom. The summed E-state index contributed by atoms with van der Waals surface area (Å²) in [5, 5.41) is 0. The topological polar surface area (TPSA) is 37.4 Å². The molecule has 0 N–H and O–H groups in total. The van der Waals surface area contributed by atoms with Gasteiger partial charge in [-0.05, 0) is 19.3 Å². The Labute approximate surface area is 99.3 Å². The van der Waals surface area contributed by atoms with Crippen LogP contribution in [-0.4, -0.2) is 27.6 Å². The first-order chi connectivity index (χ1) is 6.91. The molecule has 1 fully saturated rings. The zero-order chi connectivity index (χ0) is 11.7. The van der Waals surface area contributed by atoms with Crippen LogP contribution in [0, 0.1) is 11.8 Å². The summed E-state index contributed by atoms with van der Waals surface area (Å²) in [7, 11) is 0. The van der Waals surface area contributed by atoms with Crippen LogP contribution < -0.4 is 0 Å². The number of alkyl halides is 1. The Kier molecular flexibility index (Phi) is 3.93.